The van der Waals surface area contributed by atoms with Gasteiger partial charge in [-0.15, -0.1) is 6.58 Å². The van der Waals surface area contributed by atoms with Gasteiger partial charge in [-0.05, 0) is 19.8 Å². The Morgan fingerprint density at radius 1 is 1.59 bits per heavy atom. The van der Waals surface area contributed by atoms with E-state index in [1.165, 1.54) is 6.42 Å². The average Bonchev–Trinajstić information content (AvgIpc) is 2.65. The number of rotatable bonds is 8. The summed E-state index contributed by atoms with van der Waals surface area (Å²) in [6.45, 7) is 8.75. The SMILES string of the molecule is C=CCC(C)NCc1[nH]c(CCCC)nc1Cl. The lowest BCUT2D eigenvalue weighted by Gasteiger charge is -2.10. The standard InChI is InChI=1S/C13H22ClN3/c1-4-6-8-12-16-11(13(14)17-12)9-15-10(3)7-5-2/h5,10,15H,2,4,6-9H2,1,3H3,(H,16,17). The van der Waals surface area contributed by atoms with E-state index in [4.69, 9.17) is 11.6 Å². The number of nitrogens with one attached hydrogen (secondary N) is 2. The monoisotopic (exact) mass is 255 g/mol. The van der Waals surface area contributed by atoms with Crippen LogP contribution in [0.3, 0.4) is 0 Å². The van der Waals surface area contributed by atoms with Crippen LogP contribution < -0.4 is 5.32 Å². The topological polar surface area (TPSA) is 40.7 Å². The van der Waals surface area contributed by atoms with Gasteiger partial charge in [0.15, 0.2) is 5.15 Å². The fourth-order valence-electron chi connectivity index (χ4n) is 1.63. The van der Waals surface area contributed by atoms with Crippen LogP contribution in [0.25, 0.3) is 0 Å². The van der Waals surface area contributed by atoms with E-state index >= 15 is 0 Å². The van der Waals surface area contributed by atoms with Crippen LogP contribution in [-0.4, -0.2) is 16.0 Å². The van der Waals surface area contributed by atoms with Crippen molar-refractivity contribution in [2.45, 2.75) is 52.1 Å². The molecule has 0 radical (unpaired) electrons. The lowest BCUT2D eigenvalue weighted by Crippen LogP contribution is -2.25. The summed E-state index contributed by atoms with van der Waals surface area (Å²) in [5.41, 5.74) is 0.980. The van der Waals surface area contributed by atoms with E-state index < -0.39 is 0 Å². The van der Waals surface area contributed by atoms with E-state index in [-0.39, 0.29) is 0 Å². The Morgan fingerprint density at radius 3 is 3.00 bits per heavy atom. The Kier molecular flexibility index (Phi) is 6.30. The van der Waals surface area contributed by atoms with Crippen molar-refractivity contribution >= 4 is 11.6 Å². The maximum absolute atomic E-state index is 6.08. The first-order chi connectivity index (χ1) is 8.17. The van der Waals surface area contributed by atoms with Crippen LogP contribution in [0, 0.1) is 0 Å². The Hall–Kier alpha value is -0.800. The summed E-state index contributed by atoms with van der Waals surface area (Å²) in [6, 6.07) is 0.408. The van der Waals surface area contributed by atoms with Crippen LogP contribution in [0.1, 0.15) is 44.6 Å². The van der Waals surface area contributed by atoms with E-state index in [1.54, 1.807) is 0 Å². The largest absolute Gasteiger partial charge is 0.344 e. The number of unbranched alkanes of at least 4 members (excludes halogenated alkanes) is 1. The molecule has 4 heteroatoms. The molecule has 0 saturated heterocycles. The lowest BCUT2D eigenvalue weighted by atomic mass is 10.2. The average molecular weight is 256 g/mol. The summed E-state index contributed by atoms with van der Waals surface area (Å²) in [7, 11) is 0. The molecule has 1 aromatic rings. The Balaban J connectivity index is 2.47. The van der Waals surface area contributed by atoms with Gasteiger partial charge in [0, 0.05) is 19.0 Å². The first kappa shape index (κ1) is 14.3. The van der Waals surface area contributed by atoms with Crippen molar-refractivity contribution in [3.63, 3.8) is 0 Å². The molecule has 0 amide bonds. The number of imidazole rings is 1. The molecule has 1 rings (SSSR count). The summed E-state index contributed by atoms with van der Waals surface area (Å²) in [5.74, 6) is 0.991. The summed E-state index contributed by atoms with van der Waals surface area (Å²) < 4.78 is 0. The second-order valence-corrected chi connectivity index (χ2v) is 4.72. The van der Waals surface area contributed by atoms with E-state index in [2.05, 4.69) is 35.7 Å². The second-order valence-electron chi connectivity index (χ2n) is 4.36. The minimum atomic E-state index is 0.408. The molecular weight excluding hydrogens is 234 g/mol. The van der Waals surface area contributed by atoms with Crippen molar-refractivity contribution in [3.8, 4) is 0 Å². The van der Waals surface area contributed by atoms with E-state index in [9.17, 15) is 0 Å². The van der Waals surface area contributed by atoms with Crippen LogP contribution in [0.15, 0.2) is 12.7 Å². The molecule has 1 aromatic heterocycles. The van der Waals surface area contributed by atoms with Crippen molar-refractivity contribution in [1.29, 1.82) is 0 Å². The molecule has 0 fully saturated rings. The highest BCUT2D eigenvalue weighted by atomic mass is 35.5. The molecule has 2 N–H and O–H groups in total. The molecule has 0 bridgehead atoms. The minimum Gasteiger partial charge on any atom is -0.344 e. The summed E-state index contributed by atoms with van der Waals surface area (Å²) in [6.07, 6.45) is 6.15. The van der Waals surface area contributed by atoms with E-state index in [0.29, 0.717) is 11.2 Å². The molecule has 0 aliphatic carbocycles. The summed E-state index contributed by atoms with van der Waals surface area (Å²) in [5, 5.41) is 3.98. The molecule has 1 atom stereocenters. The fourth-order valence-corrected chi connectivity index (χ4v) is 1.85. The quantitative estimate of drug-likeness (QED) is 0.699. The van der Waals surface area contributed by atoms with Crippen LogP contribution in [0.2, 0.25) is 5.15 Å². The number of H-pyrrole nitrogens is 1. The Morgan fingerprint density at radius 2 is 2.35 bits per heavy atom. The van der Waals surface area contributed by atoms with Crippen molar-refractivity contribution in [3.05, 3.63) is 29.3 Å². The van der Waals surface area contributed by atoms with Gasteiger partial charge < -0.3 is 10.3 Å². The minimum absolute atomic E-state index is 0.408. The van der Waals surface area contributed by atoms with Crippen LogP contribution in [0.4, 0.5) is 0 Å². The van der Waals surface area contributed by atoms with Gasteiger partial charge in [-0.3, -0.25) is 0 Å². The van der Waals surface area contributed by atoms with Gasteiger partial charge in [0.2, 0.25) is 0 Å². The molecule has 3 nitrogen and oxygen atoms in total. The Labute approximate surface area is 109 Å². The highest BCUT2D eigenvalue weighted by Crippen LogP contribution is 2.14. The van der Waals surface area contributed by atoms with Gasteiger partial charge in [0.1, 0.15) is 5.82 Å². The molecule has 1 unspecified atom stereocenters. The predicted molar refractivity (Wildman–Crippen MR) is 73.3 cm³/mol. The fraction of sp³-hybridized carbons (Fsp3) is 0.615. The zero-order valence-electron chi connectivity index (χ0n) is 10.7. The number of aryl methyl sites for hydroxylation is 1. The van der Waals surface area contributed by atoms with Gasteiger partial charge in [-0.1, -0.05) is 31.0 Å². The zero-order chi connectivity index (χ0) is 12.7. The predicted octanol–water partition coefficient (Wildman–Crippen LogP) is 3.46. The van der Waals surface area contributed by atoms with Gasteiger partial charge in [0.05, 0.1) is 5.69 Å². The van der Waals surface area contributed by atoms with Crippen molar-refractivity contribution in [2.24, 2.45) is 0 Å². The molecule has 0 saturated carbocycles. The second kappa shape index (κ2) is 7.51. The van der Waals surface area contributed by atoms with E-state index in [0.717, 1.165) is 37.3 Å². The lowest BCUT2D eigenvalue weighted by molar-refractivity contribution is 0.548. The Bertz CT molecular complexity index is 346. The van der Waals surface area contributed by atoms with Gasteiger partial charge in [-0.2, -0.15) is 0 Å². The number of aromatic nitrogens is 2. The molecule has 0 aliphatic heterocycles. The number of hydrogen-bond donors (Lipinski definition) is 2. The molecular formula is C13H22ClN3. The number of hydrogen-bond acceptors (Lipinski definition) is 2. The third kappa shape index (κ3) is 4.92. The summed E-state index contributed by atoms with van der Waals surface area (Å²) in [4.78, 5) is 7.60. The highest BCUT2D eigenvalue weighted by Gasteiger charge is 2.08. The van der Waals surface area contributed by atoms with Gasteiger partial charge in [0.25, 0.3) is 0 Å². The van der Waals surface area contributed by atoms with Crippen molar-refractivity contribution in [2.75, 3.05) is 0 Å². The van der Waals surface area contributed by atoms with Crippen LogP contribution >= 0.6 is 11.6 Å². The van der Waals surface area contributed by atoms with E-state index in [1.807, 2.05) is 6.08 Å². The van der Waals surface area contributed by atoms with Crippen LogP contribution in [-0.2, 0) is 13.0 Å². The molecule has 0 spiro atoms. The third-order valence-electron chi connectivity index (χ3n) is 2.69. The molecule has 0 aliphatic rings. The molecule has 1 heterocycles. The number of nitrogens with zero attached hydrogens (tertiary/aromatic N) is 1. The maximum Gasteiger partial charge on any atom is 0.151 e. The first-order valence-electron chi connectivity index (χ1n) is 6.24. The number of aromatic amines is 1. The van der Waals surface area contributed by atoms with Crippen LogP contribution in [0.5, 0.6) is 0 Å². The smallest absolute Gasteiger partial charge is 0.151 e. The van der Waals surface area contributed by atoms with Gasteiger partial charge in [-0.25, -0.2) is 4.98 Å². The summed E-state index contributed by atoms with van der Waals surface area (Å²) >= 11 is 6.08. The highest BCUT2D eigenvalue weighted by molar-refractivity contribution is 6.30. The normalized spacial score (nSPS) is 12.6. The number of halogens is 1. The first-order valence-corrected chi connectivity index (χ1v) is 6.62. The van der Waals surface area contributed by atoms with Gasteiger partial charge >= 0.3 is 0 Å². The molecule has 0 aromatic carbocycles. The zero-order valence-corrected chi connectivity index (χ0v) is 11.5. The third-order valence-corrected chi connectivity index (χ3v) is 3.00. The van der Waals surface area contributed by atoms with Crippen molar-refractivity contribution < 1.29 is 0 Å². The maximum atomic E-state index is 6.08. The molecule has 96 valence electrons. The molecule has 17 heavy (non-hydrogen) atoms. The van der Waals surface area contributed by atoms with Crippen molar-refractivity contribution in [1.82, 2.24) is 15.3 Å².